The molecule has 172 valence electrons. The Bertz CT molecular complexity index is 554. The van der Waals surface area contributed by atoms with Crippen LogP contribution in [0.3, 0.4) is 0 Å². The maximum atomic E-state index is 12.5. The van der Waals surface area contributed by atoms with Crippen molar-refractivity contribution in [1.82, 2.24) is 0 Å². The topological polar surface area (TPSA) is 9.23 Å². The van der Waals surface area contributed by atoms with Crippen molar-refractivity contribution in [1.29, 1.82) is 0 Å². The first-order valence-corrected chi connectivity index (χ1v) is 8.35. The monoisotopic (exact) mass is 442 g/mol. The van der Waals surface area contributed by atoms with Crippen molar-refractivity contribution in [2.75, 3.05) is 0 Å². The highest BCUT2D eigenvalue weighted by Crippen LogP contribution is 2.47. The molecule has 10 heteroatoms. The van der Waals surface area contributed by atoms with Crippen LogP contribution in [-0.2, 0) is 4.74 Å². The van der Waals surface area contributed by atoms with E-state index in [9.17, 15) is 35.1 Å². The van der Waals surface area contributed by atoms with Crippen LogP contribution in [0.4, 0.5) is 39.8 Å². The molecule has 0 bridgehead atoms. The van der Waals surface area contributed by atoms with E-state index in [2.05, 4.69) is 43.7 Å². The molecular formula is C19H27F9O. The molecular weight excluding hydrogens is 415 g/mol. The number of alkyl halides is 8. The van der Waals surface area contributed by atoms with Crippen LogP contribution in [0, 0.1) is 32.6 Å². The summed E-state index contributed by atoms with van der Waals surface area (Å²) < 4.78 is 103. The average molecular weight is 442 g/mol. The van der Waals surface area contributed by atoms with Crippen LogP contribution in [0.5, 0.6) is 0 Å². The molecule has 1 aromatic carbocycles. The lowest BCUT2D eigenvalue weighted by Gasteiger charge is -2.39. The molecule has 0 N–H and O–H groups in total. The second-order valence-electron chi connectivity index (χ2n) is 6.61. The van der Waals surface area contributed by atoms with E-state index in [0.29, 0.717) is 0 Å². The van der Waals surface area contributed by atoms with Crippen LogP contribution in [0.2, 0.25) is 0 Å². The lowest BCUT2D eigenvalue weighted by atomic mass is 9.78. The fraction of sp³-hybridized carbons (Fsp3) is 0.684. The molecule has 2 atom stereocenters. The maximum absolute atomic E-state index is 12.5. The summed E-state index contributed by atoms with van der Waals surface area (Å²) in [5.74, 6) is -5.02. The minimum absolute atomic E-state index is 0. The van der Waals surface area contributed by atoms with Gasteiger partial charge in [-0.2, -0.15) is 35.1 Å². The predicted octanol–water partition coefficient (Wildman–Crippen LogP) is 7.54. The zero-order valence-electron chi connectivity index (χ0n) is 15.5. The summed E-state index contributed by atoms with van der Waals surface area (Å²) in [6.45, 7) is 2.78. The van der Waals surface area contributed by atoms with Gasteiger partial charge in [-0.15, -0.1) is 0 Å². The van der Waals surface area contributed by atoms with Crippen molar-refractivity contribution in [2.24, 2.45) is 11.8 Å². The van der Waals surface area contributed by atoms with E-state index in [4.69, 9.17) is 0 Å². The molecule has 0 aromatic heterocycles. The lowest BCUT2D eigenvalue weighted by Crippen LogP contribution is -2.49. The Balaban J connectivity index is 0. The predicted molar refractivity (Wildman–Crippen MR) is 93.7 cm³/mol. The third kappa shape index (κ3) is 8.84. The van der Waals surface area contributed by atoms with Crippen molar-refractivity contribution < 1.29 is 44.6 Å². The maximum Gasteiger partial charge on any atom is 0.394 e. The smallest absolute Gasteiger partial charge is 0.318 e. The fourth-order valence-corrected chi connectivity index (χ4v) is 3.07. The zero-order valence-corrected chi connectivity index (χ0v) is 15.5. The van der Waals surface area contributed by atoms with Crippen LogP contribution in [0.1, 0.15) is 43.4 Å². The summed E-state index contributed by atoms with van der Waals surface area (Å²) in [6, 6.07) is 6.38. The lowest BCUT2D eigenvalue weighted by molar-refractivity contribution is -0.300. The van der Waals surface area contributed by atoms with Gasteiger partial charge in [-0.3, -0.25) is 4.70 Å². The largest absolute Gasteiger partial charge is 0.394 e. The van der Waals surface area contributed by atoms with E-state index in [1.54, 1.807) is 0 Å². The van der Waals surface area contributed by atoms with E-state index in [1.165, 1.54) is 16.7 Å². The molecule has 2 unspecified atom stereocenters. The third-order valence-electron chi connectivity index (χ3n) is 4.80. The number of halogens is 9. The fourth-order valence-electron chi connectivity index (χ4n) is 3.07. The summed E-state index contributed by atoms with van der Waals surface area (Å²) >= 11 is 0. The molecule has 1 saturated carbocycles. The van der Waals surface area contributed by atoms with Crippen molar-refractivity contribution >= 4 is 0 Å². The molecule has 1 fully saturated rings. The van der Waals surface area contributed by atoms with Gasteiger partial charge in [0.25, 0.3) is 0 Å². The molecule has 2 rings (SSSR count). The number of aryl methyl sites for hydroxylation is 2. The number of benzene rings is 1. The number of ether oxygens (including phenoxy) is 1. The highest BCUT2D eigenvalue weighted by atomic mass is 19.4. The van der Waals surface area contributed by atoms with Crippen LogP contribution in [-0.4, -0.2) is 25.1 Å². The first-order valence-electron chi connectivity index (χ1n) is 8.35. The Morgan fingerprint density at radius 2 is 1.24 bits per heavy atom. The highest BCUT2D eigenvalue weighted by molar-refractivity contribution is 5.31. The standard InChI is InChI=1S/C9H10F8O.C9H12.CH4.FH/c10-7(11)18-6-4(8(12,13)14)2-1-3-5(6)9(15,16)17;1-7-5-4-6-8(2)9(7)3;;/h4-7H,1-3H2;4-6H,1-3H3;1H4;1H. The van der Waals surface area contributed by atoms with Crippen LogP contribution in [0.25, 0.3) is 0 Å². The van der Waals surface area contributed by atoms with E-state index in [1.807, 2.05) is 0 Å². The first kappa shape index (κ1) is 29.7. The quantitative estimate of drug-likeness (QED) is 0.430. The molecule has 0 saturated heterocycles. The first-order chi connectivity index (χ1) is 12.2. The summed E-state index contributed by atoms with van der Waals surface area (Å²) in [4.78, 5) is 0. The second-order valence-corrected chi connectivity index (χ2v) is 6.61. The SMILES string of the molecule is C.Cc1cccc(C)c1C.F.FC(F)OC1C(C(F)(F)F)CCCC1C(F)(F)F. The summed E-state index contributed by atoms with van der Waals surface area (Å²) in [7, 11) is 0. The van der Waals surface area contributed by atoms with Crippen LogP contribution < -0.4 is 0 Å². The van der Waals surface area contributed by atoms with Gasteiger partial charge in [-0.25, -0.2) is 0 Å². The molecule has 0 heterocycles. The van der Waals surface area contributed by atoms with E-state index in [0.717, 1.165) is 0 Å². The van der Waals surface area contributed by atoms with E-state index in [-0.39, 0.29) is 18.6 Å². The van der Waals surface area contributed by atoms with Crippen molar-refractivity contribution in [3.63, 3.8) is 0 Å². The second kappa shape index (κ2) is 11.7. The number of hydrogen-bond donors (Lipinski definition) is 0. The summed E-state index contributed by atoms with van der Waals surface area (Å²) in [5.41, 5.74) is 4.18. The molecule has 29 heavy (non-hydrogen) atoms. The van der Waals surface area contributed by atoms with Crippen LogP contribution >= 0.6 is 0 Å². The molecule has 0 aliphatic heterocycles. The van der Waals surface area contributed by atoms with E-state index >= 15 is 0 Å². The zero-order chi connectivity index (χ0) is 21.0. The van der Waals surface area contributed by atoms with Gasteiger partial charge >= 0.3 is 19.0 Å². The van der Waals surface area contributed by atoms with Gasteiger partial charge in [-0.1, -0.05) is 32.0 Å². The normalized spacial score (nSPS) is 22.1. The van der Waals surface area contributed by atoms with Gasteiger partial charge in [0.1, 0.15) is 0 Å². The molecule has 0 amide bonds. The molecule has 0 spiro atoms. The minimum Gasteiger partial charge on any atom is -0.318 e. The Morgan fingerprint density at radius 3 is 1.52 bits per heavy atom. The van der Waals surface area contributed by atoms with Crippen LogP contribution in [0.15, 0.2) is 18.2 Å². The summed E-state index contributed by atoms with van der Waals surface area (Å²) in [6.07, 6.45) is -14.1. The Labute approximate surface area is 164 Å². The number of rotatable bonds is 2. The highest BCUT2D eigenvalue weighted by Gasteiger charge is 2.57. The van der Waals surface area contributed by atoms with Gasteiger partial charge in [0.05, 0.1) is 17.9 Å². The molecule has 0 radical (unpaired) electrons. The van der Waals surface area contributed by atoms with Gasteiger partial charge in [-0.05, 0) is 50.3 Å². The molecule has 1 nitrogen and oxygen atoms in total. The Hall–Kier alpha value is -1.45. The Kier molecular flexibility index (Phi) is 12.0. The molecule has 1 aliphatic rings. The minimum atomic E-state index is -4.98. The average Bonchev–Trinajstić information content (AvgIpc) is 2.50. The van der Waals surface area contributed by atoms with Gasteiger partial charge in [0.2, 0.25) is 0 Å². The van der Waals surface area contributed by atoms with Gasteiger partial charge in [0, 0.05) is 0 Å². The van der Waals surface area contributed by atoms with Crippen molar-refractivity contribution in [2.45, 2.75) is 72.5 Å². The van der Waals surface area contributed by atoms with Crippen molar-refractivity contribution in [3.8, 4) is 0 Å². The van der Waals surface area contributed by atoms with Gasteiger partial charge < -0.3 is 4.74 Å². The third-order valence-corrected chi connectivity index (χ3v) is 4.80. The Morgan fingerprint density at radius 1 is 0.862 bits per heavy atom. The molecule has 1 aliphatic carbocycles. The van der Waals surface area contributed by atoms with Gasteiger partial charge in [0.15, 0.2) is 0 Å². The number of hydrogen-bond acceptors (Lipinski definition) is 1. The summed E-state index contributed by atoms with van der Waals surface area (Å²) in [5, 5.41) is 0. The molecule has 1 aromatic rings. The van der Waals surface area contributed by atoms with Crippen molar-refractivity contribution in [3.05, 3.63) is 34.9 Å². The van der Waals surface area contributed by atoms with E-state index < -0.39 is 49.7 Å².